The smallest absolute Gasteiger partial charge is 0.400 e. The van der Waals surface area contributed by atoms with Gasteiger partial charge in [0, 0.05) is 0 Å². The third-order valence-electron chi connectivity index (χ3n) is 5.17. The second kappa shape index (κ2) is 8.94. The molecule has 2 aromatic carbocycles. The van der Waals surface area contributed by atoms with Crippen molar-refractivity contribution in [1.82, 2.24) is 4.90 Å². The summed E-state index contributed by atoms with van der Waals surface area (Å²) in [6.45, 7) is 6.06. The van der Waals surface area contributed by atoms with Gasteiger partial charge in [0.15, 0.2) is 5.54 Å². The molecule has 4 amide bonds. The fourth-order valence-corrected chi connectivity index (χ4v) is 3.46. The van der Waals surface area contributed by atoms with Crippen molar-refractivity contribution in [2.45, 2.75) is 25.6 Å². The molecule has 9 nitrogen and oxygen atoms in total. The van der Waals surface area contributed by atoms with Crippen molar-refractivity contribution in [2.75, 3.05) is 4.90 Å². The average Bonchev–Trinajstić information content (AvgIpc) is 2.98. The molecule has 180 valence electrons. The van der Waals surface area contributed by atoms with Crippen molar-refractivity contribution in [3.05, 3.63) is 71.5 Å². The number of imide groups is 2. The van der Waals surface area contributed by atoms with E-state index in [9.17, 15) is 32.3 Å². The number of urea groups is 1. The molecule has 0 saturated carbocycles. The topological polar surface area (TPSA) is 117 Å². The summed E-state index contributed by atoms with van der Waals surface area (Å²) in [6.07, 6.45) is -5.91. The number of benzene rings is 2. The van der Waals surface area contributed by atoms with E-state index >= 15 is 0 Å². The van der Waals surface area contributed by atoms with Gasteiger partial charge in [-0.2, -0.15) is 18.4 Å². The van der Waals surface area contributed by atoms with E-state index in [-0.39, 0.29) is 23.5 Å². The minimum atomic E-state index is -4.93. The Balaban J connectivity index is 2.01. The van der Waals surface area contributed by atoms with Gasteiger partial charge in [0.05, 0.1) is 22.9 Å². The molecular weight excluding hydrogens is 471 g/mol. The average molecular weight is 487 g/mol. The SMILES string of the molecule is C=C(C)OC(=O)Oc1ccc(C2(C)C(=O)N(c3ccc(C#N)c(C(F)(F)F)c3)C(=O)N2C=O)cc1. The number of amides is 4. The summed E-state index contributed by atoms with van der Waals surface area (Å²) < 4.78 is 49.8. The lowest BCUT2D eigenvalue weighted by atomic mass is 9.90. The number of halogens is 3. The van der Waals surface area contributed by atoms with Crippen molar-refractivity contribution < 1.29 is 41.8 Å². The zero-order valence-electron chi connectivity index (χ0n) is 18.3. The van der Waals surface area contributed by atoms with E-state index in [1.807, 2.05) is 0 Å². The van der Waals surface area contributed by atoms with Gasteiger partial charge >= 0.3 is 18.4 Å². The van der Waals surface area contributed by atoms with E-state index in [0.717, 1.165) is 12.1 Å². The van der Waals surface area contributed by atoms with E-state index in [1.54, 1.807) is 0 Å². The molecule has 0 N–H and O–H groups in total. The second-order valence-electron chi connectivity index (χ2n) is 7.49. The number of nitriles is 1. The van der Waals surface area contributed by atoms with Crippen molar-refractivity contribution in [2.24, 2.45) is 0 Å². The number of allylic oxidation sites excluding steroid dienone is 1. The highest BCUT2D eigenvalue weighted by Crippen LogP contribution is 2.41. The van der Waals surface area contributed by atoms with Crippen LogP contribution in [0.3, 0.4) is 0 Å². The van der Waals surface area contributed by atoms with Crippen LogP contribution in [-0.2, 0) is 26.0 Å². The molecule has 1 fully saturated rings. The van der Waals surface area contributed by atoms with Crippen LogP contribution in [0, 0.1) is 11.3 Å². The largest absolute Gasteiger partial charge is 0.519 e. The van der Waals surface area contributed by atoms with E-state index in [2.05, 4.69) is 11.3 Å². The van der Waals surface area contributed by atoms with Crippen LogP contribution < -0.4 is 9.64 Å². The summed E-state index contributed by atoms with van der Waals surface area (Å²) in [7, 11) is 0. The number of alkyl halides is 3. The zero-order valence-corrected chi connectivity index (χ0v) is 18.3. The molecule has 1 aliphatic heterocycles. The van der Waals surface area contributed by atoms with Crippen LogP contribution in [0.25, 0.3) is 0 Å². The molecular formula is C23H16F3N3O6. The Kier molecular flexibility index (Phi) is 6.38. The van der Waals surface area contributed by atoms with E-state index in [0.29, 0.717) is 15.9 Å². The van der Waals surface area contributed by atoms with Crippen LogP contribution in [0.4, 0.5) is 28.4 Å². The van der Waals surface area contributed by atoms with Crippen LogP contribution in [0.1, 0.15) is 30.5 Å². The van der Waals surface area contributed by atoms with Gasteiger partial charge in [-0.25, -0.2) is 19.4 Å². The summed E-state index contributed by atoms with van der Waals surface area (Å²) >= 11 is 0. The number of carbonyl (C=O) groups excluding carboxylic acids is 4. The molecule has 0 bridgehead atoms. The number of anilines is 1. The van der Waals surface area contributed by atoms with E-state index < -0.39 is 46.6 Å². The third kappa shape index (κ3) is 4.43. The number of hydrogen-bond donors (Lipinski definition) is 0. The van der Waals surface area contributed by atoms with Crippen LogP contribution in [0.2, 0.25) is 0 Å². The minimum absolute atomic E-state index is 0.0109. The Morgan fingerprint density at radius 1 is 1.17 bits per heavy atom. The Morgan fingerprint density at radius 3 is 2.31 bits per heavy atom. The molecule has 1 aliphatic rings. The van der Waals surface area contributed by atoms with Crippen molar-refractivity contribution >= 4 is 30.2 Å². The van der Waals surface area contributed by atoms with Gasteiger partial charge in [-0.15, -0.1) is 0 Å². The standard InChI is InChI=1S/C23H16F3N3O6/c1-13(2)34-21(33)35-17-8-5-15(6-9-17)22(3)19(31)29(20(32)28(22)12-30)16-7-4-14(11-27)18(10-16)23(24,25)26/h4-10,12H,1H2,2-3H3. The molecule has 1 saturated heterocycles. The normalized spacial score (nSPS) is 17.7. The lowest BCUT2D eigenvalue weighted by Crippen LogP contribution is -2.43. The molecule has 0 aromatic heterocycles. The maximum absolute atomic E-state index is 13.4. The second-order valence-corrected chi connectivity index (χ2v) is 7.49. The summed E-state index contributed by atoms with van der Waals surface area (Å²) in [5, 5.41) is 8.98. The highest BCUT2D eigenvalue weighted by molar-refractivity contribution is 6.25. The lowest BCUT2D eigenvalue weighted by molar-refractivity contribution is -0.137. The highest BCUT2D eigenvalue weighted by Gasteiger charge is 2.56. The first-order valence-corrected chi connectivity index (χ1v) is 9.74. The maximum atomic E-state index is 13.4. The van der Waals surface area contributed by atoms with Gasteiger partial charge in [-0.1, -0.05) is 18.7 Å². The fourth-order valence-electron chi connectivity index (χ4n) is 3.46. The number of ether oxygens (including phenoxy) is 2. The molecule has 1 atom stereocenters. The number of hydrogen-bond acceptors (Lipinski definition) is 7. The molecule has 0 spiro atoms. The van der Waals surface area contributed by atoms with Gasteiger partial charge < -0.3 is 9.47 Å². The van der Waals surface area contributed by atoms with E-state index in [4.69, 9.17) is 10.00 Å². The number of nitrogens with zero attached hydrogens (tertiary/aromatic N) is 3. The van der Waals surface area contributed by atoms with Gasteiger partial charge in [0.2, 0.25) is 6.41 Å². The fraction of sp³-hybridized carbons (Fsp3) is 0.174. The summed E-state index contributed by atoms with van der Waals surface area (Å²) in [5.74, 6) is -0.910. The first kappa shape index (κ1) is 25.0. The molecule has 2 aromatic rings. The molecule has 35 heavy (non-hydrogen) atoms. The van der Waals surface area contributed by atoms with Crippen LogP contribution in [0.15, 0.2) is 54.8 Å². The minimum Gasteiger partial charge on any atom is -0.400 e. The van der Waals surface area contributed by atoms with Gasteiger partial charge in [0.25, 0.3) is 5.91 Å². The predicted octanol–water partition coefficient (Wildman–Crippen LogP) is 4.47. The van der Waals surface area contributed by atoms with Gasteiger partial charge in [-0.05, 0) is 49.7 Å². The van der Waals surface area contributed by atoms with Crippen molar-refractivity contribution in [1.29, 1.82) is 5.26 Å². The van der Waals surface area contributed by atoms with Crippen molar-refractivity contribution in [3.8, 4) is 11.8 Å². The Labute approximate surface area is 196 Å². The predicted molar refractivity (Wildman–Crippen MR) is 113 cm³/mol. The Morgan fingerprint density at radius 2 is 1.80 bits per heavy atom. The lowest BCUT2D eigenvalue weighted by Gasteiger charge is -2.27. The monoisotopic (exact) mass is 487 g/mol. The molecule has 0 aliphatic carbocycles. The zero-order chi connectivity index (χ0) is 26.1. The maximum Gasteiger partial charge on any atom is 0.519 e. The summed E-state index contributed by atoms with van der Waals surface area (Å²) in [5.41, 5.74) is -4.33. The quantitative estimate of drug-likeness (QED) is 0.201. The Bertz CT molecular complexity index is 1280. The summed E-state index contributed by atoms with van der Waals surface area (Å²) in [6, 6.07) is 7.69. The molecule has 0 radical (unpaired) electrons. The van der Waals surface area contributed by atoms with Gasteiger partial charge in [0.1, 0.15) is 11.5 Å². The number of carbonyl (C=O) groups is 4. The highest BCUT2D eigenvalue weighted by atomic mass is 19.4. The molecule has 1 heterocycles. The third-order valence-corrected chi connectivity index (χ3v) is 5.17. The van der Waals surface area contributed by atoms with Crippen LogP contribution in [0.5, 0.6) is 5.75 Å². The molecule has 12 heteroatoms. The number of rotatable bonds is 5. The van der Waals surface area contributed by atoms with Gasteiger partial charge in [-0.3, -0.25) is 9.59 Å². The van der Waals surface area contributed by atoms with Crippen LogP contribution in [-0.4, -0.2) is 29.4 Å². The van der Waals surface area contributed by atoms with Crippen LogP contribution >= 0.6 is 0 Å². The first-order chi connectivity index (χ1) is 16.3. The molecule has 3 rings (SSSR count). The first-order valence-electron chi connectivity index (χ1n) is 9.74. The Hall–Kier alpha value is -4.66. The molecule has 1 unspecified atom stereocenters. The summed E-state index contributed by atoms with van der Waals surface area (Å²) in [4.78, 5) is 50.6. The van der Waals surface area contributed by atoms with E-state index in [1.165, 1.54) is 44.2 Å². The van der Waals surface area contributed by atoms with Crippen molar-refractivity contribution in [3.63, 3.8) is 0 Å².